The van der Waals surface area contributed by atoms with Crippen molar-refractivity contribution in [2.45, 2.75) is 11.8 Å². The number of nitro groups is 1. The normalized spacial score (nSPS) is 10.9. The average Bonchev–Trinajstić information content (AvgIpc) is 2.53. The molecule has 0 atom stereocenters. The number of nitrogens with one attached hydrogen (secondary N) is 2. The fourth-order valence-corrected chi connectivity index (χ4v) is 3.06. The Balaban J connectivity index is 2.32. The Hall–Kier alpha value is -2.87. The van der Waals surface area contributed by atoms with E-state index in [2.05, 4.69) is 16.6 Å². The first kappa shape index (κ1) is 17.5. The van der Waals surface area contributed by atoms with Gasteiger partial charge in [-0.15, -0.1) is 6.58 Å². The summed E-state index contributed by atoms with van der Waals surface area (Å²) in [6.45, 7) is 5.74. The lowest BCUT2D eigenvalue weighted by atomic mass is 10.2. The number of rotatable bonds is 7. The maximum Gasteiger partial charge on any atom is 0.294 e. The first-order chi connectivity index (χ1) is 11.3. The van der Waals surface area contributed by atoms with Crippen LogP contribution in [0.2, 0.25) is 0 Å². The smallest absolute Gasteiger partial charge is 0.294 e. The molecule has 0 amide bonds. The van der Waals surface area contributed by atoms with Gasteiger partial charge in [-0.3, -0.25) is 14.8 Å². The monoisotopic (exact) mass is 347 g/mol. The van der Waals surface area contributed by atoms with E-state index in [0.29, 0.717) is 6.54 Å². The van der Waals surface area contributed by atoms with Crippen LogP contribution in [0.4, 0.5) is 17.1 Å². The third-order valence-corrected chi connectivity index (χ3v) is 4.61. The van der Waals surface area contributed by atoms with E-state index in [1.165, 1.54) is 30.3 Å². The van der Waals surface area contributed by atoms with Crippen molar-refractivity contribution in [1.82, 2.24) is 0 Å². The molecule has 0 spiro atoms. The molecule has 0 aliphatic rings. The van der Waals surface area contributed by atoms with Gasteiger partial charge in [0.25, 0.3) is 15.7 Å². The molecule has 2 aromatic carbocycles. The van der Waals surface area contributed by atoms with Crippen molar-refractivity contribution in [3.63, 3.8) is 0 Å². The van der Waals surface area contributed by atoms with Crippen LogP contribution in [0.1, 0.15) is 5.56 Å². The molecule has 7 nitrogen and oxygen atoms in total. The Bertz CT molecular complexity index is 861. The molecule has 0 bridgehead atoms. The van der Waals surface area contributed by atoms with E-state index in [1.807, 2.05) is 6.92 Å². The zero-order valence-electron chi connectivity index (χ0n) is 13.0. The lowest BCUT2D eigenvalue weighted by Gasteiger charge is -2.10. The molecular formula is C16H17N3O4S. The zero-order valence-corrected chi connectivity index (χ0v) is 13.8. The van der Waals surface area contributed by atoms with Crippen LogP contribution >= 0.6 is 0 Å². The minimum atomic E-state index is -3.81. The summed E-state index contributed by atoms with van der Waals surface area (Å²) in [4.78, 5) is 10.7. The second-order valence-electron chi connectivity index (χ2n) is 5.08. The Morgan fingerprint density at radius 2 is 1.88 bits per heavy atom. The van der Waals surface area contributed by atoms with Crippen molar-refractivity contribution < 1.29 is 13.3 Å². The van der Waals surface area contributed by atoms with Gasteiger partial charge in [0.2, 0.25) is 0 Å². The minimum absolute atomic E-state index is 0.0876. The minimum Gasteiger partial charge on any atom is -0.376 e. The van der Waals surface area contributed by atoms with Gasteiger partial charge in [0.15, 0.2) is 0 Å². The van der Waals surface area contributed by atoms with E-state index in [4.69, 9.17) is 0 Å². The highest BCUT2D eigenvalue weighted by molar-refractivity contribution is 7.92. The molecule has 0 saturated heterocycles. The molecule has 0 radical (unpaired) electrons. The fraction of sp³-hybridized carbons (Fsp3) is 0.125. The molecule has 0 saturated carbocycles. The SMILES string of the molecule is C=CCNc1ccc(NS(=O)(=O)c2ccc(C)cc2)cc1[N+](=O)[O-]. The summed E-state index contributed by atoms with van der Waals surface area (Å²) in [5.74, 6) is 0. The number of sulfonamides is 1. The van der Waals surface area contributed by atoms with E-state index in [9.17, 15) is 18.5 Å². The van der Waals surface area contributed by atoms with Crippen molar-refractivity contribution in [1.29, 1.82) is 0 Å². The molecule has 0 fully saturated rings. The van der Waals surface area contributed by atoms with Crippen molar-refractivity contribution in [3.8, 4) is 0 Å². The van der Waals surface area contributed by atoms with Gasteiger partial charge in [-0.2, -0.15) is 0 Å². The van der Waals surface area contributed by atoms with Crippen LogP contribution in [0.3, 0.4) is 0 Å². The molecule has 2 N–H and O–H groups in total. The van der Waals surface area contributed by atoms with Crippen LogP contribution in [0.15, 0.2) is 60.0 Å². The van der Waals surface area contributed by atoms with Gasteiger partial charge in [-0.05, 0) is 31.2 Å². The van der Waals surface area contributed by atoms with Crippen molar-refractivity contribution in [2.24, 2.45) is 0 Å². The zero-order chi connectivity index (χ0) is 17.7. The lowest BCUT2D eigenvalue weighted by molar-refractivity contribution is -0.383. The summed E-state index contributed by atoms with van der Waals surface area (Å²) in [5, 5.41) is 14.0. The standard InChI is InChI=1S/C16H17N3O4S/c1-3-10-17-15-9-6-13(11-16(15)19(20)21)18-24(22,23)14-7-4-12(2)5-8-14/h3-9,11,17-18H,1,10H2,2H3. The lowest BCUT2D eigenvalue weighted by Crippen LogP contribution is -2.13. The van der Waals surface area contributed by atoms with Crippen LogP contribution in [0.25, 0.3) is 0 Å². The van der Waals surface area contributed by atoms with Crippen molar-refractivity contribution >= 4 is 27.1 Å². The van der Waals surface area contributed by atoms with E-state index < -0.39 is 14.9 Å². The second kappa shape index (κ2) is 7.14. The summed E-state index contributed by atoms with van der Waals surface area (Å²) in [6, 6.07) is 10.4. The summed E-state index contributed by atoms with van der Waals surface area (Å²) in [6.07, 6.45) is 1.57. The molecule has 24 heavy (non-hydrogen) atoms. The third kappa shape index (κ3) is 4.11. The van der Waals surface area contributed by atoms with Gasteiger partial charge in [-0.1, -0.05) is 23.8 Å². The fourth-order valence-electron chi connectivity index (χ4n) is 2.01. The number of nitro benzene ring substituents is 1. The number of anilines is 2. The number of hydrogen-bond acceptors (Lipinski definition) is 5. The maximum absolute atomic E-state index is 12.3. The number of benzene rings is 2. The number of hydrogen-bond donors (Lipinski definition) is 2. The topological polar surface area (TPSA) is 101 Å². The molecule has 0 aromatic heterocycles. The van der Waals surface area contributed by atoms with Crippen LogP contribution < -0.4 is 10.0 Å². The van der Waals surface area contributed by atoms with Gasteiger partial charge in [0.1, 0.15) is 5.69 Å². The Morgan fingerprint density at radius 1 is 1.21 bits per heavy atom. The predicted molar refractivity (Wildman–Crippen MR) is 93.8 cm³/mol. The molecular weight excluding hydrogens is 330 g/mol. The molecule has 126 valence electrons. The second-order valence-corrected chi connectivity index (χ2v) is 6.76. The molecule has 0 aliphatic heterocycles. The average molecular weight is 347 g/mol. The quantitative estimate of drug-likeness (QED) is 0.454. The first-order valence-electron chi connectivity index (χ1n) is 7.06. The highest BCUT2D eigenvalue weighted by atomic mass is 32.2. The molecule has 0 unspecified atom stereocenters. The van der Waals surface area contributed by atoms with Crippen molar-refractivity contribution in [2.75, 3.05) is 16.6 Å². The summed E-state index contributed by atoms with van der Waals surface area (Å²) in [7, 11) is -3.81. The predicted octanol–water partition coefficient (Wildman–Crippen LogP) is 3.30. The van der Waals surface area contributed by atoms with Gasteiger partial charge >= 0.3 is 0 Å². The van der Waals surface area contributed by atoms with E-state index >= 15 is 0 Å². The van der Waals surface area contributed by atoms with Crippen molar-refractivity contribution in [3.05, 3.63) is 70.8 Å². The Morgan fingerprint density at radius 3 is 2.46 bits per heavy atom. The van der Waals surface area contributed by atoms with E-state index in [0.717, 1.165) is 5.56 Å². The summed E-state index contributed by atoms with van der Waals surface area (Å²) >= 11 is 0. The molecule has 2 aromatic rings. The largest absolute Gasteiger partial charge is 0.376 e. The van der Waals surface area contributed by atoms with Gasteiger partial charge in [-0.25, -0.2) is 8.42 Å². The van der Waals surface area contributed by atoms with Crippen LogP contribution in [0.5, 0.6) is 0 Å². The Kier molecular flexibility index (Phi) is 5.20. The number of nitrogens with zero attached hydrogens (tertiary/aromatic N) is 1. The molecule has 0 heterocycles. The molecule has 0 aliphatic carbocycles. The highest BCUT2D eigenvalue weighted by Gasteiger charge is 2.18. The number of aryl methyl sites for hydroxylation is 1. The highest BCUT2D eigenvalue weighted by Crippen LogP contribution is 2.29. The molecule has 2 rings (SSSR count). The molecule has 8 heteroatoms. The Labute approximate surface area is 140 Å². The van der Waals surface area contributed by atoms with Crippen LogP contribution in [-0.4, -0.2) is 19.9 Å². The maximum atomic E-state index is 12.3. The first-order valence-corrected chi connectivity index (χ1v) is 8.54. The van der Waals surface area contributed by atoms with Gasteiger partial charge in [0, 0.05) is 12.6 Å². The van der Waals surface area contributed by atoms with Gasteiger partial charge in [0.05, 0.1) is 15.5 Å². The van der Waals surface area contributed by atoms with Crippen LogP contribution in [-0.2, 0) is 10.0 Å². The summed E-state index contributed by atoms with van der Waals surface area (Å²) < 4.78 is 27.0. The van der Waals surface area contributed by atoms with E-state index in [-0.39, 0.29) is 22.0 Å². The van der Waals surface area contributed by atoms with Gasteiger partial charge < -0.3 is 5.32 Å². The van der Waals surface area contributed by atoms with Crippen LogP contribution in [0, 0.1) is 17.0 Å². The summed E-state index contributed by atoms with van der Waals surface area (Å²) in [5.41, 5.74) is 1.12. The third-order valence-electron chi connectivity index (χ3n) is 3.21. The van der Waals surface area contributed by atoms with E-state index in [1.54, 1.807) is 18.2 Å².